The first kappa shape index (κ1) is 23.1. The topological polar surface area (TPSA) is 102 Å². The summed E-state index contributed by atoms with van der Waals surface area (Å²) < 4.78 is 21.3. The maximum Gasteiger partial charge on any atom is 0.264 e. The number of anilines is 2. The van der Waals surface area contributed by atoms with Gasteiger partial charge < -0.3 is 28.7 Å². The van der Waals surface area contributed by atoms with Crippen molar-refractivity contribution in [2.24, 2.45) is 0 Å². The van der Waals surface area contributed by atoms with E-state index >= 15 is 0 Å². The van der Waals surface area contributed by atoms with Crippen molar-refractivity contribution in [2.45, 2.75) is 6.54 Å². The maximum absolute atomic E-state index is 12.9. The lowest BCUT2D eigenvalue weighted by atomic mass is 10.2. The van der Waals surface area contributed by atoms with Gasteiger partial charge in [-0.1, -0.05) is 0 Å². The SMILES string of the molecule is COCCN(C)c1ccnc(CN(C)c2nc3cc(OC)c(OC)c(OC)c3c(=O)[nH]2)c1. The highest BCUT2D eigenvalue weighted by Crippen LogP contribution is 2.41. The smallest absolute Gasteiger partial charge is 0.264 e. The number of hydrogen-bond acceptors (Lipinski definition) is 9. The number of hydrogen-bond donors (Lipinski definition) is 1. The fourth-order valence-electron chi connectivity index (χ4n) is 3.40. The molecule has 0 unspecified atom stereocenters. The summed E-state index contributed by atoms with van der Waals surface area (Å²) in [5.41, 5.74) is 1.96. The second-order valence-corrected chi connectivity index (χ2v) is 7.20. The maximum atomic E-state index is 12.9. The van der Waals surface area contributed by atoms with Gasteiger partial charge >= 0.3 is 0 Å². The number of benzene rings is 1. The van der Waals surface area contributed by atoms with Crippen molar-refractivity contribution >= 4 is 22.5 Å². The lowest BCUT2D eigenvalue weighted by molar-refractivity contribution is 0.206. The molecule has 2 heterocycles. The van der Waals surface area contributed by atoms with Gasteiger partial charge in [0.25, 0.3) is 5.56 Å². The van der Waals surface area contributed by atoms with E-state index in [0.717, 1.165) is 17.9 Å². The number of pyridine rings is 1. The fraction of sp³-hybridized carbons (Fsp3) is 0.409. The molecule has 32 heavy (non-hydrogen) atoms. The molecule has 0 aliphatic rings. The summed E-state index contributed by atoms with van der Waals surface area (Å²) in [5, 5.41) is 0.294. The van der Waals surface area contributed by atoms with Crippen LogP contribution < -0.4 is 29.6 Å². The molecule has 0 bridgehead atoms. The van der Waals surface area contributed by atoms with Crippen LogP contribution in [0, 0.1) is 0 Å². The van der Waals surface area contributed by atoms with Gasteiger partial charge in [0.1, 0.15) is 5.39 Å². The predicted octanol–water partition coefficient (Wildman–Crippen LogP) is 2.06. The third kappa shape index (κ3) is 4.70. The zero-order valence-electron chi connectivity index (χ0n) is 19.3. The number of rotatable bonds is 10. The van der Waals surface area contributed by atoms with Crippen LogP contribution in [0.5, 0.6) is 17.2 Å². The molecule has 0 saturated carbocycles. The van der Waals surface area contributed by atoms with Crippen LogP contribution in [-0.2, 0) is 11.3 Å². The fourth-order valence-corrected chi connectivity index (χ4v) is 3.40. The highest BCUT2D eigenvalue weighted by molar-refractivity contribution is 5.90. The molecule has 0 aliphatic heterocycles. The highest BCUT2D eigenvalue weighted by atomic mass is 16.5. The third-order valence-electron chi connectivity index (χ3n) is 5.12. The van der Waals surface area contributed by atoms with E-state index in [-0.39, 0.29) is 11.3 Å². The van der Waals surface area contributed by atoms with E-state index in [4.69, 9.17) is 18.9 Å². The number of nitrogens with one attached hydrogen (secondary N) is 1. The molecule has 10 nitrogen and oxygen atoms in total. The van der Waals surface area contributed by atoms with E-state index in [1.165, 1.54) is 21.3 Å². The van der Waals surface area contributed by atoms with E-state index in [2.05, 4.69) is 19.9 Å². The summed E-state index contributed by atoms with van der Waals surface area (Å²) in [5.74, 6) is 1.45. The van der Waals surface area contributed by atoms with Crippen molar-refractivity contribution in [3.63, 3.8) is 0 Å². The first-order valence-corrected chi connectivity index (χ1v) is 10.0. The summed E-state index contributed by atoms with van der Waals surface area (Å²) in [7, 11) is 10.00. The van der Waals surface area contributed by atoms with Crippen molar-refractivity contribution in [3.05, 3.63) is 40.4 Å². The Morgan fingerprint density at radius 1 is 1.00 bits per heavy atom. The zero-order chi connectivity index (χ0) is 23.3. The normalized spacial score (nSPS) is 10.8. The molecule has 0 fully saturated rings. The first-order valence-electron chi connectivity index (χ1n) is 10.0. The number of likely N-dealkylation sites (N-methyl/N-ethyl adjacent to an activating group) is 1. The van der Waals surface area contributed by atoms with Gasteiger partial charge in [0.15, 0.2) is 11.5 Å². The highest BCUT2D eigenvalue weighted by Gasteiger charge is 2.21. The second-order valence-electron chi connectivity index (χ2n) is 7.20. The van der Waals surface area contributed by atoms with Crippen molar-refractivity contribution in [3.8, 4) is 17.2 Å². The summed E-state index contributed by atoms with van der Waals surface area (Å²) in [6.45, 7) is 1.85. The van der Waals surface area contributed by atoms with E-state index in [1.807, 2.05) is 31.1 Å². The largest absolute Gasteiger partial charge is 0.493 e. The third-order valence-corrected chi connectivity index (χ3v) is 5.12. The van der Waals surface area contributed by atoms with E-state index in [0.29, 0.717) is 41.5 Å². The van der Waals surface area contributed by atoms with E-state index < -0.39 is 0 Å². The second kappa shape index (κ2) is 10.2. The minimum Gasteiger partial charge on any atom is -0.493 e. The van der Waals surface area contributed by atoms with Crippen LogP contribution in [0.25, 0.3) is 10.9 Å². The summed E-state index contributed by atoms with van der Waals surface area (Å²) in [6, 6.07) is 5.61. The number of aromatic amines is 1. The van der Waals surface area contributed by atoms with Gasteiger partial charge in [-0.25, -0.2) is 4.98 Å². The quantitative estimate of drug-likeness (QED) is 0.504. The predicted molar refractivity (Wildman–Crippen MR) is 124 cm³/mol. The van der Waals surface area contributed by atoms with Crippen LogP contribution in [0.15, 0.2) is 29.2 Å². The molecule has 0 atom stereocenters. The Morgan fingerprint density at radius 2 is 1.75 bits per heavy atom. The minimum absolute atomic E-state index is 0.276. The van der Waals surface area contributed by atoms with Crippen molar-refractivity contribution in [1.29, 1.82) is 0 Å². The number of H-pyrrole nitrogens is 1. The molecule has 0 aliphatic carbocycles. The molecule has 172 valence electrons. The molecule has 0 amide bonds. The summed E-state index contributed by atoms with van der Waals surface area (Å²) >= 11 is 0. The van der Waals surface area contributed by atoms with E-state index in [9.17, 15) is 4.79 Å². The molecule has 0 spiro atoms. The average molecular weight is 444 g/mol. The van der Waals surface area contributed by atoms with Crippen molar-refractivity contribution in [2.75, 3.05) is 65.5 Å². The van der Waals surface area contributed by atoms with Gasteiger partial charge in [0, 0.05) is 45.7 Å². The Bertz CT molecular complexity index is 1130. The number of nitrogens with zero attached hydrogens (tertiary/aromatic N) is 4. The molecular formula is C22H29N5O5. The molecule has 1 aromatic carbocycles. The molecule has 0 radical (unpaired) electrons. The van der Waals surface area contributed by atoms with Gasteiger partial charge in [0.2, 0.25) is 11.7 Å². The Kier molecular flexibility index (Phi) is 7.37. The van der Waals surface area contributed by atoms with Gasteiger partial charge in [-0.2, -0.15) is 0 Å². The lowest BCUT2D eigenvalue weighted by Gasteiger charge is -2.21. The lowest BCUT2D eigenvalue weighted by Crippen LogP contribution is -2.25. The number of ether oxygens (including phenoxy) is 4. The van der Waals surface area contributed by atoms with Gasteiger partial charge in [0.05, 0.1) is 45.7 Å². The van der Waals surface area contributed by atoms with Crippen LogP contribution in [0.2, 0.25) is 0 Å². The van der Waals surface area contributed by atoms with Crippen LogP contribution in [0.4, 0.5) is 11.6 Å². The Morgan fingerprint density at radius 3 is 2.41 bits per heavy atom. The minimum atomic E-state index is -0.337. The zero-order valence-corrected chi connectivity index (χ0v) is 19.3. The van der Waals surface area contributed by atoms with Crippen LogP contribution in [0.1, 0.15) is 5.69 Å². The Hall–Kier alpha value is -3.53. The van der Waals surface area contributed by atoms with Gasteiger partial charge in [-0.15, -0.1) is 0 Å². The van der Waals surface area contributed by atoms with Crippen molar-refractivity contribution in [1.82, 2.24) is 15.0 Å². The molecule has 3 aromatic rings. The summed E-state index contributed by atoms with van der Waals surface area (Å²) in [6.07, 6.45) is 1.76. The standard InChI is InChI=1S/C22H29N5O5/c1-26(9-10-29-3)15-7-8-23-14(11-15)13-27(2)22-24-16-12-17(30-4)19(31-5)20(32-6)18(16)21(28)25-22/h7-8,11-12H,9-10,13H2,1-6H3,(H,24,25,28). The molecule has 0 saturated heterocycles. The van der Waals surface area contributed by atoms with Crippen LogP contribution >= 0.6 is 0 Å². The molecule has 1 N–H and O–H groups in total. The molecular weight excluding hydrogens is 414 g/mol. The Labute approximate surface area is 186 Å². The van der Waals surface area contributed by atoms with Crippen LogP contribution in [-0.4, -0.2) is 70.6 Å². The number of aromatic nitrogens is 3. The van der Waals surface area contributed by atoms with Gasteiger partial charge in [-0.3, -0.25) is 14.8 Å². The number of methoxy groups -OCH3 is 4. The summed E-state index contributed by atoms with van der Waals surface area (Å²) in [4.78, 5) is 28.7. The average Bonchev–Trinajstić information content (AvgIpc) is 2.80. The van der Waals surface area contributed by atoms with Crippen molar-refractivity contribution < 1.29 is 18.9 Å². The van der Waals surface area contributed by atoms with Crippen LogP contribution in [0.3, 0.4) is 0 Å². The first-order chi connectivity index (χ1) is 15.4. The monoisotopic (exact) mass is 443 g/mol. The molecule has 2 aromatic heterocycles. The molecule has 10 heteroatoms. The van der Waals surface area contributed by atoms with E-state index in [1.54, 1.807) is 19.4 Å². The van der Waals surface area contributed by atoms with Gasteiger partial charge in [-0.05, 0) is 12.1 Å². The number of fused-ring (bicyclic) bond motifs is 1. The molecule has 3 rings (SSSR count). The Balaban J connectivity index is 1.94.